The second-order valence-electron chi connectivity index (χ2n) is 6.17. The fraction of sp³-hybridized carbons (Fsp3) is 0.300. The maximum Gasteiger partial charge on any atom is 0.252 e. The van der Waals surface area contributed by atoms with Crippen molar-refractivity contribution in [3.05, 3.63) is 40.7 Å². The van der Waals surface area contributed by atoms with Gasteiger partial charge in [-0.05, 0) is 24.6 Å². The molecule has 1 aliphatic heterocycles. The van der Waals surface area contributed by atoms with Crippen molar-refractivity contribution in [2.75, 3.05) is 21.0 Å². The second-order valence-corrected chi connectivity index (χ2v) is 7.18. The van der Waals surface area contributed by atoms with Gasteiger partial charge in [0.2, 0.25) is 6.79 Å². The van der Waals surface area contributed by atoms with Crippen LogP contribution < -0.4 is 23.7 Å². The van der Waals surface area contributed by atoms with Crippen molar-refractivity contribution >= 4 is 27.5 Å². The molecule has 0 fully saturated rings. The number of fused-ring (bicyclic) bond motifs is 2. The van der Waals surface area contributed by atoms with Crippen LogP contribution in [0.2, 0.25) is 0 Å². The number of thiazole rings is 1. The van der Waals surface area contributed by atoms with Crippen molar-refractivity contribution in [2.24, 2.45) is 4.99 Å². The fourth-order valence-electron chi connectivity index (χ4n) is 3.16. The van der Waals surface area contributed by atoms with Crippen LogP contribution in [0.1, 0.15) is 12.5 Å². The number of methoxy groups -OCH3 is 2. The Labute approximate surface area is 165 Å². The minimum Gasteiger partial charge on any atom is -0.493 e. The first-order valence-corrected chi connectivity index (χ1v) is 9.66. The van der Waals surface area contributed by atoms with Gasteiger partial charge in [-0.15, -0.1) is 0 Å². The normalized spacial score (nSPS) is 13.2. The highest BCUT2D eigenvalue weighted by molar-refractivity contribution is 7.16. The molecule has 0 saturated heterocycles. The van der Waals surface area contributed by atoms with E-state index in [0.29, 0.717) is 34.3 Å². The molecule has 28 heavy (non-hydrogen) atoms. The fourth-order valence-corrected chi connectivity index (χ4v) is 4.28. The van der Waals surface area contributed by atoms with Gasteiger partial charge in [0.05, 0.1) is 30.9 Å². The zero-order valence-electron chi connectivity index (χ0n) is 15.9. The monoisotopic (exact) mass is 400 g/mol. The van der Waals surface area contributed by atoms with Gasteiger partial charge in [-0.1, -0.05) is 17.4 Å². The maximum atomic E-state index is 12.6. The molecule has 0 aliphatic carbocycles. The zero-order chi connectivity index (χ0) is 19.7. The van der Waals surface area contributed by atoms with Gasteiger partial charge in [-0.25, -0.2) is 0 Å². The molecule has 146 valence electrons. The predicted octanol–water partition coefficient (Wildman–Crippen LogP) is 3.14. The number of aryl methyl sites for hydroxylation is 1. The van der Waals surface area contributed by atoms with Gasteiger partial charge < -0.3 is 23.5 Å². The molecule has 1 aliphatic rings. The molecular weight excluding hydrogens is 380 g/mol. The lowest BCUT2D eigenvalue weighted by atomic mass is 10.1. The third kappa shape index (κ3) is 3.31. The molecule has 0 radical (unpaired) electrons. The summed E-state index contributed by atoms with van der Waals surface area (Å²) in [7, 11) is 3.21. The maximum absolute atomic E-state index is 12.6. The van der Waals surface area contributed by atoms with Gasteiger partial charge in [0.15, 0.2) is 27.8 Å². The van der Waals surface area contributed by atoms with Crippen LogP contribution in [0.4, 0.5) is 0 Å². The Balaban J connectivity index is 1.69. The van der Waals surface area contributed by atoms with Crippen LogP contribution in [-0.2, 0) is 17.8 Å². The number of carbonyl (C=O) groups excluding carboxylic acids is 1. The van der Waals surface area contributed by atoms with Crippen molar-refractivity contribution in [1.29, 1.82) is 0 Å². The van der Waals surface area contributed by atoms with Gasteiger partial charge in [-0.2, -0.15) is 4.99 Å². The van der Waals surface area contributed by atoms with Crippen LogP contribution in [0.25, 0.3) is 10.2 Å². The highest BCUT2D eigenvalue weighted by Crippen LogP contribution is 2.34. The van der Waals surface area contributed by atoms with E-state index in [0.717, 1.165) is 15.8 Å². The summed E-state index contributed by atoms with van der Waals surface area (Å²) in [5.41, 5.74) is 1.80. The number of benzene rings is 2. The largest absolute Gasteiger partial charge is 0.493 e. The lowest BCUT2D eigenvalue weighted by molar-refractivity contribution is -0.117. The van der Waals surface area contributed by atoms with E-state index in [1.165, 1.54) is 11.3 Å². The molecule has 0 spiro atoms. The summed E-state index contributed by atoms with van der Waals surface area (Å²) >= 11 is 1.45. The predicted molar refractivity (Wildman–Crippen MR) is 105 cm³/mol. The number of hydrogen-bond acceptors (Lipinski definition) is 6. The molecule has 2 heterocycles. The number of ether oxygens (including phenoxy) is 4. The summed E-state index contributed by atoms with van der Waals surface area (Å²) in [5.74, 6) is 2.44. The SMILES string of the molecule is CCn1c(=NC(=O)Cc2ccc3c(c2)OCO3)sc2cc(OC)c(OC)cc21. The van der Waals surface area contributed by atoms with E-state index in [1.54, 1.807) is 14.2 Å². The van der Waals surface area contributed by atoms with E-state index >= 15 is 0 Å². The number of carbonyl (C=O) groups is 1. The lowest BCUT2D eigenvalue weighted by Gasteiger charge is -2.08. The molecule has 3 aromatic rings. The van der Waals surface area contributed by atoms with Crippen LogP contribution in [0.3, 0.4) is 0 Å². The number of aromatic nitrogens is 1. The van der Waals surface area contributed by atoms with E-state index in [-0.39, 0.29) is 19.1 Å². The molecule has 0 atom stereocenters. The molecule has 7 nitrogen and oxygen atoms in total. The molecule has 8 heteroatoms. The minimum atomic E-state index is -0.216. The Morgan fingerprint density at radius 1 is 1.14 bits per heavy atom. The first kappa shape index (κ1) is 18.4. The van der Waals surface area contributed by atoms with Crippen molar-refractivity contribution < 1.29 is 23.7 Å². The topological polar surface area (TPSA) is 71.3 Å². The Hall–Kier alpha value is -3.00. The summed E-state index contributed by atoms with van der Waals surface area (Å²) in [5, 5.41) is 0. The highest BCUT2D eigenvalue weighted by atomic mass is 32.1. The van der Waals surface area contributed by atoms with E-state index in [4.69, 9.17) is 18.9 Å². The molecule has 4 rings (SSSR count). The third-order valence-electron chi connectivity index (χ3n) is 4.52. The first-order chi connectivity index (χ1) is 13.6. The summed E-state index contributed by atoms with van der Waals surface area (Å²) in [4.78, 5) is 17.6. The molecule has 1 aromatic heterocycles. The molecule has 0 N–H and O–H groups in total. The van der Waals surface area contributed by atoms with Gasteiger partial charge in [0.1, 0.15) is 0 Å². The summed E-state index contributed by atoms with van der Waals surface area (Å²) in [6.07, 6.45) is 0.196. The average Bonchev–Trinajstić information content (AvgIpc) is 3.29. The van der Waals surface area contributed by atoms with E-state index in [1.807, 2.05) is 41.8 Å². The number of amides is 1. The second kappa shape index (κ2) is 7.55. The van der Waals surface area contributed by atoms with Gasteiger partial charge in [0, 0.05) is 18.7 Å². The van der Waals surface area contributed by atoms with Crippen molar-refractivity contribution in [3.63, 3.8) is 0 Å². The van der Waals surface area contributed by atoms with Gasteiger partial charge >= 0.3 is 0 Å². The summed E-state index contributed by atoms with van der Waals surface area (Å²) in [6.45, 7) is 2.91. The molecular formula is C20H20N2O5S. The van der Waals surface area contributed by atoms with Crippen LogP contribution in [-0.4, -0.2) is 31.5 Å². The molecule has 1 amide bonds. The van der Waals surface area contributed by atoms with E-state index in [9.17, 15) is 4.79 Å². The average molecular weight is 400 g/mol. The minimum absolute atomic E-state index is 0.196. The molecule has 2 aromatic carbocycles. The Kier molecular flexibility index (Phi) is 4.95. The van der Waals surface area contributed by atoms with E-state index in [2.05, 4.69) is 4.99 Å². The van der Waals surface area contributed by atoms with Crippen molar-refractivity contribution in [3.8, 4) is 23.0 Å². The number of rotatable bonds is 5. The van der Waals surface area contributed by atoms with Crippen LogP contribution in [0.5, 0.6) is 23.0 Å². The van der Waals surface area contributed by atoms with Crippen molar-refractivity contribution in [2.45, 2.75) is 19.9 Å². The molecule has 0 bridgehead atoms. The quantitative estimate of drug-likeness (QED) is 0.658. The van der Waals surface area contributed by atoms with Crippen molar-refractivity contribution in [1.82, 2.24) is 4.57 Å². The zero-order valence-corrected chi connectivity index (χ0v) is 16.7. The van der Waals surface area contributed by atoms with Crippen LogP contribution >= 0.6 is 11.3 Å². The lowest BCUT2D eigenvalue weighted by Crippen LogP contribution is -2.16. The number of hydrogen-bond donors (Lipinski definition) is 0. The smallest absolute Gasteiger partial charge is 0.252 e. The van der Waals surface area contributed by atoms with Crippen LogP contribution in [0, 0.1) is 0 Å². The van der Waals surface area contributed by atoms with Gasteiger partial charge in [0.25, 0.3) is 5.91 Å². The first-order valence-electron chi connectivity index (χ1n) is 8.84. The molecule has 0 unspecified atom stereocenters. The van der Waals surface area contributed by atoms with Crippen LogP contribution in [0.15, 0.2) is 35.3 Å². The molecule has 0 saturated carbocycles. The Bertz CT molecular complexity index is 1120. The Morgan fingerprint density at radius 3 is 2.64 bits per heavy atom. The highest BCUT2D eigenvalue weighted by Gasteiger charge is 2.15. The summed E-state index contributed by atoms with van der Waals surface area (Å²) in [6, 6.07) is 9.32. The Morgan fingerprint density at radius 2 is 1.89 bits per heavy atom. The van der Waals surface area contributed by atoms with E-state index < -0.39 is 0 Å². The summed E-state index contributed by atoms with van der Waals surface area (Å²) < 4.78 is 24.4. The standard InChI is InChI=1S/C20H20N2O5S/c1-4-22-13-9-15(24-2)16(25-3)10-18(13)28-20(22)21-19(23)8-12-5-6-14-17(7-12)27-11-26-14/h5-7,9-10H,4,8,11H2,1-3H3. The number of nitrogens with zero attached hydrogens (tertiary/aromatic N) is 2. The van der Waals surface area contributed by atoms with Gasteiger partial charge in [-0.3, -0.25) is 4.79 Å². The third-order valence-corrected chi connectivity index (χ3v) is 5.56.